The fraction of sp³-hybridized carbons (Fsp3) is 0.300. The molecule has 1 N–H and O–H groups in total. The van der Waals surface area contributed by atoms with Crippen LogP contribution in [-0.2, 0) is 9.53 Å². The molecule has 5 nitrogen and oxygen atoms in total. The lowest BCUT2D eigenvalue weighted by Gasteiger charge is -2.17. The van der Waals surface area contributed by atoms with Crippen LogP contribution in [-0.4, -0.2) is 24.6 Å². The van der Waals surface area contributed by atoms with E-state index in [-0.39, 0.29) is 11.9 Å². The van der Waals surface area contributed by atoms with Gasteiger partial charge in [-0.15, -0.1) is 0 Å². The smallest absolute Gasteiger partial charge is 0.338 e. The zero-order chi connectivity index (χ0) is 18.4. The molecule has 0 saturated carbocycles. The minimum Gasteiger partial charge on any atom is -0.481 e. The van der Waals surface area contributed by atoms with Crippen LogP contribution >= 0.6 is 0 Å². The maximum absolute atomic E-state index is 12.3. The van der Waals surface area contributed by atoms with Crippen molar-refractivity contribution in [1.29, 1.82) is 0 Å². The first-order valence-corrected chi connectivity index (χ1v) is 8.22. The Balaban J connectivity index is 1.99. The van der Waals surface area contributed by atoms with Crippen molar-refractivity contribution in [1.82, 2.24) is 0 Å². The molecule has 5 heteroatoms. The van der Waals surface area contributed by atoms with Crippen LogP contribution in [0.15, 0.2) is 42.5 Å². The highest BCUT2D eigenvalue weighted by molar-refractivity contribution is 5.95. The predicted molar refractivity (Wildman–Crippen MR) is 97.0 cm³/mol. The third-order valence-electron chi connectivity index (χ3n) is 3.68. The summed E-state index contributed by atoms with van der Waals surface area (Å²) in [6.07, 6.45) is -0.648. The van der Waals surface area contributed by atoms with E-state index in [0.29, 0.717) is 23.6 Å². The van der Waals surface area contributed by atoms with Crippen LogP contribution in [0.3, 0.4) is 0 Å². The quantitative estimate of drug-likeness (QED) is 0.810. The summed E-state index contributed by atoms with van der Waals surface area (Å²) in [4.78, 5) is 23.9. The van der Waals surface area contributed by atoms with Gasteiger partial charge in [0.25, 0.3) is 5.91 Å². The molecule has 1 atom stereocenters. The summed E-state index contributed by atoms with van der Waals surface area (Å²) in [5.41, 5.74) is 3.08. The summed E-state index contributed by atoms with van der Waals surface area (Å²) in [6.45, 7) is 7.69. The van der Waals surface area contributed by atoms with Gasteiger partial charge in [-0.25, -0.2) is 4.79 Å². The van der Waals surface area contributed by atoms with Crippen LogP contribution in [0, 0.1) is 13.8 Å². The summed E-state index contributed by atoms with van der Waals surface area (Å²) >= 11 is 0. The number of rotatable bonds is 6. The molecule has 2 aromatic carbocycles. The topological polar surface area (TPSA) is 64.6 Å². The molecule has 0 aliphatic heterocycles. The second kappa shape index (κ2) is 8.33. The van der Waals surface area contributed by atoms with Gasteiger partial charge in [0.2, 0.25) is 0 Å². The molecule has 0 aliphatic rings. The highest BCUT2D eigenvalue weighted by atomic mass is 16.5. The minimum absolute atomic E-state index is 0.259. The van der Waals surface area contributed by atoms with Gasteiger partial charge in [0.05, 0.1) is 12.2 Å². The van der Waals surface area contributed by atoms with Gasteiger partial charge in [0, 0.05) is 5.69 Å². The molecule has 0 saturated heterocycles. The van der Waals surface area contributed by atoms with Gasteiger partial charge in [-0.3, -0.25) is 4.79 Å². The average Bonchev–Trinajstić information content (AvgIpc) is 2.59. The molecule has 0 bridgehead atoms. The number of hydrogen-bond acceptors (Lipinski definition) is 4. The average molecular weight is 341 g/mol. The number of aryl methyl sites for hydroxylation is 2. The Labute approximate surface area is 148 Å². The molecule has 0 aliphatic carbocycles. The van der Waals surface area contributed by atoms with Crippen LogP contribution in [0.5, 0.6) is 5.75 Å². The molecule has 0 fully saturated rings. The van der Waals surface area contributed by atoms with Crippen molar-refractivity contribution >= 4 is 17.6 Å². The lowest BCUT2D eigenvalue weighted by Crippen LogP contribution is -2.30. The van der Waals surface area contributed by atoms with E-state index in [1.807, 2.05) is 32.0 Å². The first-order chi connectivity index (χ1) is 11.9. The number of amides is 1. The van der Waals surface area contributed by atoms with Gasteiger partial charge in [0.1, 0.15) is 5.75 Å². The standard InChI is InChI=1S/C20H23NO4/c1-5-24-20(23)16-8-10-17(11-9-16)21-19(22)15(4)25-18-12-13(2)6-7-14(18)3/h6-12,15H,5H2,1-4H3,(H,21,22)/t15-/m1/s1. The highest BCUT2D eigenvalue weighted by Gasteiger charge is 2.16. The lowest BCUT2D eigenvalue weighted by atomic mass is 10.1. The number of carbonyl (C=O) groups excluding carboxylic acids is 2. The van der Waals surface area contributed by atoms with Crippen molar-refractivity contribution in [3.63, 3.8) is 0 Å². The Kier molecular flexibility index (Phi) is 6.17. The monoisotopic (exact) mass is 341 g/mol. The molecule has 2 aromatic rings. The minimum atomic E-state index is -0.648. The van der Waals surface area contributed by atoms with E-state index in [9.17, 15) is 9.59 Å². The van der Waals surface area contributed by atoms with Gasteiger partial charge in [0.15, 0.2) is 6.10 Å². The van der Waals surface area contributed by atoms with Crippen molar-refractivity contribution in [2.75, 3.05) is 11.9 Å². The van der Waals surface area contributed by atoms with Crippen molar-refractivity contribution < 1.29 is 19.1 Å². The molecule has 25 heavy (non-hydrogen) atoms. The fourth-order valence-electron chi connectivity index (χ4n) is 2.23. The highest BCUT2D eigenvalue weighted by Crippen LogP contribution is 2.21. The number of anilines is 1. The zero-order valence-electron chi connectivity index (χ0n) is 15.0. The molecule has 0 heterocycles. The Morgan fingerprint density at radius 1 is 1.08 bits per heavy atom. The maximum atomic E-state index is 12.3. The number of benzene rings is 2. The van der Waals surface area contributed by atoms with Crippen LogP contribution in [0.1, 0.15) is 35.3 Å². The van der Waals surface area contributed by atoms with Crippen molar-refractivity contribution in [2.24, 2.45) is 0 Å². The Morgan fingerprint density at radius 2 is 1.76 bits per heavy atom. The third-order valence-corrected chi connectivity index (χ3v) is 3.68. The van der Waals surface area contributed by atoms with E-state index in [0.717, 1.165) is 11.1 Å². The SMILES string of the molecule is CCOC(=O)c1ccc(NC(=O)[C@@H](C)Oc2cc(C)ccc2C)cc1. The normalized spacial score (nSPS) is 11.5. The summed E-state index contributed by atoms with van der Waals surface area (Å²) in [5.74, 6) is 0.0529. The van der Waals surface area contributed by atoms with Crippen molar-refractivity contribution in [3.05, 3.63) is 59.2 Å². The molecule has 2 rings (SSSR count). The maximum Gasteiger partial charge on any atom is 0.338 e. The van der Waals surface area contributed by atoms with Gasteiger partial charge >= 0.3 is 5.97 Å². The van der Waals surface area contributed by atoms with Gasteiger partial charge in [-0.05, 0) is 69.2 Å². The Bertz CT molecular complexity index is 753. The van der Waals surface area contributed by atoms with E-state index in [4.69, 9.17) is 9.47 Å². The van der Waals surface area contributed by atoms with E-state index in [2.05, 4.69) is 5.32 Å². The van der Waals surface area contributed by atoms with E-state index < -0.39 is 6.10 Å². The van der Waals surface area contributed by atoms with Crippen LogP contribution < -0.4 is 10.1 Å². The summed E-state index contributed by atoms with van der Waals surface area (Å²) < 4.78 is 10.7. The molecular weight excluding hydrogens is 318 g/mol. The second-order valence-corrected chi connectivity index (χ2v) is 5.82. The summed E-state index contributed by atoms with van der Waals surface area (Å²) in [5, 5.41) is 2.78. The first-order valence-electron chi connectivity index (χ1n) is 8.22. The predicted octanol–water partition coefficient (Wildman–Crippen LogP) is 3.89. The lowest BCUT2D eigenvalue weighted by molar-refractivity contribution is -0.122. The van der Waals surface area contributed by atoms with Crippen LogP contribution in [0.2, 0.25) is 0 Å². The molecule has 132 valence electrons. The molecule has 0 radical (unpaired) electrons. The van der Waals surface area contributed by atoms with E-state index in [1.54, 1.807) is 38.1 Å². The number of hydrogen-bond donors (Lipinski definition) is 1. The number of nitrogens with one attached hydrogen (secondary N) is 1. The van der Waals surface area contributed by atoms with E-state index in [1.165, 1.54) is 0 Å². The molecule has 1 amide bonds. The van der Waals surface area contributed by atoms with Crippen LogP contribution in [0.4, 0.5) is 5.69 Å². The zero-order valence-corrected chi connectivity index (χ0v) is 15.0. The van der Waals surface area contributed by atoms with Crippen molar-refractivity contribution in [3.8, 4) is 5.75 Å². The van der Waals surface area contributed by atoms with Gasteiger partial charge in [-0.1, -0.05) is 12.1 Å². The number of esters is 1. The molecular formula is C20H23NO4. The second-order valence-electron chi connectivity index (χ2n) is 5.82. The Hall–Kier alpha value is -2.82. The molecule has 0 spiro atoms. The number of carbonyl (C=O) groups is 2. The van der Waals surface area contributed by atoms with Crippen LogP contribution in [0.25, 0.3) is 0 Å². The van der Waals surface area contributed by atoms with Gasteiger partial charge in [-0.2, -0.15) is 0 Å². The largest absolute Gasteiger partial charge is 0.481 e. The molecule has 0 unspecified atom stereocenters. The summed E-state index contributed by atoms with van der Waals surface area (Å²) in [6, 6.07) is 12.4. The van der Waals surface area contributed by atoms with E-state index >= 15 is 0 Å². The molecule has 0 aromatic heterocycles. The number of ether oxygens (including phenoxy) is 2. The third kappa shape index (κ3) is 5.08. The van der Waals surface area contributed by atoms with Crippen molar-refractivity contribution in [2.45, 2.75) is 33.8 Å². The fourth-order valence-corrected chi connectivity index (χ4v) is 2.23. The first kappa shape index (κ1) is 18.5. The van der Waals surface area contributed by atoms with Gasteiger partial charge < -0.3 is 14.8 Å². The summed E-state index contributed by atoms with van der Waals surface area (Å²) in [7, 11) is 0. The Morgan fingerprint density at radius 3 is 2.40 bits per heavy atom.